The molecule has 1 aromatic carbocycles. The number of hydrogen-bond acceptors (Lipinski definition) is 3. The highest BCUT2D eigenvalue weighted by atomic mass is 16.2. The van der Waals surface area contributed by atoms with Gasteiger partial charge >= 0.3 is 0 Å². The maximum Gasteiger partial charge on any atom is 0.253 e. The summed E-state index contributed by atoms with van der Waals surface area (Å²) < 4.78 is 0. The zero-order valence-electron chi connectivity index (χ0n) is 13.4. The number of amides is 2. The van der Waals surface area contributed by atoms with Crippen LogP contribution in [0.5, 0.6) is 0 Å². The van der Waals surface area contributed by atoms with Gasteiger partial charge in [-0.3, -0.25) is 9.59 Å². The summed E-state index contributed by atoms with van der Waals surface area (Å²) in [5.74, 6) is 0.193. The fourth-order valence-corrected chi connectivity index (χ4v) is 2.76. The van der Waals surface area contributed by atoms with Crippen LogP contribution in [0.1, 0.15) is 30.1 Å². The lowest BCUT2D eigenvalue weighted by molar-refractivity contribution is -0.137. The Kier molecular flexibility index (Phi) is 5.55. The molecule has 1 fully saturated rings. The van der Waals surface area contributed by atoms with E-state index in [1.165, 1.54) is 0 Å². The van der Waals surface area contributed by atoms with E-state index in [1.807, 2.05) is 42.2 Å². The van der Waals surface area contributed by atoms with Crippen molar-refractivity contribution in [3.8, 4) is 0 Å². The lowest BCUT2D eigenvalue weighted by atomic mass is 9.94. The van der Waals surface area contributed by atoms with Gasteiger partial charge in [0.25, 0.3) is 5.91 Å². The van der Waals surface area contributed by atoms with Gasteiger partial charge < -0.3 is 15.5 Å². The number of rotatable bonds is 4. The molecule has 2 rings (SSSR count). The summed E-state index contributed by atoms with van der Waals surface area (Å²) in [4.78, 5) is 28.4. The van der Waals surface area contributed by atoms with E-state index in [0.29, 0.717) is 25.2 Å². The lowest BCUT2D eigenvalue weighted by Gasteiger charge is -2.34. The molecule has 1 aromatic rings. The van der Waals surface area contributed by atoms with E-state index in [4.69, 9.17) is 5.73 Å². The van der Waals surface area contributed by atoms with Crippen molar-refractivity contribution in [3.05, 3.63) is 35.9 Å². The highest BCUT2D eigenvalue weighted by Gasteiger charge is 2.30. The summed E-state index contributed by atoms with van der Waals surface area (Å²) in [5.41, 5.74) is 6.33. The third-order valence-electron chi connectivity index (χ3n) is 4.50. The first kappa shape index (κ1) is 16.5. The molecule has 0 spiro atoms. The predicted octanol–water partition coefficient (Wildman–Crippen LogP) is 1.34. The topological polar surface area (TPSA) is 66.6 Å². The van der Waals surface area contributed by atoms with E-state index in [0.717, 1.165) is 12.8 Å². The standard InChI is InChI=1S/C17H25N3O2/c1-13(12-18)19(2)16(21)15-8-10-20(11-9-15)17(22)14-6-4-3-5-7-14/h3-7,13,15H,8-12,18H2,1-2H3. The number of benzene rings is 1. The van der Waals surface area contributed by atoms with Crippen molar-refractivity contribution in [1.29, 1.82) is 0 Å². The number of likely N-dealkylation sites (N-methyl/N-ethyl adjacent to an activating group) is 1. The van der Waals surface area contributed by atoms with Crippen LogP contribution in [-0.2, 0) is 4.79 Å². The first-order chi connectivity index (χ1) is 10.5. The Morgan fingerprint density at radius 1 is 1.27 bits per heavy atom. The molecular formula is C17H25N3O2. The molecule has 1 unspecified atom stereocenters. The van der Waals surface area contributed by atoms with Crippen LogP contribution in [-0.4, -0.2) is 54.3 Å². The van der Waals surface area contributed by atoms with Crippen molar-refractivity contribution >= 4 is 11.8 Å². The number of hydrogen-bond donors (Lipinski definition) is 1. The van der Waals surface area contributed by atoms with Gasteiger partial charge in [-0.25, -0.2) is 0 Å². The molecule has 0 aliphatic carbocycles. The molecular weight excluding hydrogens is 278 g/mol. The highest BCUT2D eigenvalue weighted by molar-refractivity contribution is 5.94. The molecule has 0 bridgehead atoms. The Bertz CT molecular complexity index is 510. The van der Waals surface area contributed by atoms with Crippen LogP contribution in [0.25, 0.3) is 0 Å². The summed E-state index contributed by atoms with van der Waals surface area (Å²) in [6.07, 6.45) is 1.44. The molecule has 1 aliphatic rings. The Labute approximate surface area is 132 Å². The normalized spacial score (nSPS) is 17.1. The monoisotopic (exact) mass is 303 g/mol. The lowest BCUT2D eigenvalue weighted by Crippen LogP contribution is -2.47. The van der Waals surface area contributed by atoms with Crippen molar-refractivity contribution < 1.29 is 9.59 Å². The molecule has 0 radical (unpaired) electrons. The van der Waals surface area contributed by atoms with Gasteiger partial charge in [0.1, 0.15) is 0 Å². The van der Waals surface area contributed by atoms with Crippen molar-refractivity contribution in [1.82, 2.24) is 9.80 Å². The third kappa shape index (κ3) is 3.65. The van der Waals surface area contributed by atoms with Crippen LogP contribution in [0.4, 0.5) is 0 Å². The molecule has 2 N–H and O–H groups in total. The van der Waals surface area contributed by atoms with Crippen LogP contribution >= 0.6 is 0 Å². The molecule has 5 heteroatoms. The van der Waals surface area contributed by atoms with Gasteiger partial charge in [-0.05, 0) is 31.9 Å². The number of nitrogens with two attached hydrogens (primary N) is 1. The SMILES string of the molecule is CC(CN)N(C)C(=O)C1CCN(C(=O)c2ccccc2)CC1. The third-order valence-corrected chi connectivity index (χ3v) is 4.50. The quantitative estimate of drug-likeness (QED) is 0.913. The number of likely N-dealkylation sites (tertiary alicyclic amines) is 1. The minimum atomic E-state index is -0.00109. The van der Waals surface area contributed by atoms with Crippen LogP contribution in [0.3, 0.4) is 0 Å². The molecule has 2 amide bonds. The molecule has 0 saturated carbocycles. The van der Waals surface area contributed by atoms with E-state index in [1.54, 1.807) is 11.9 Å². The van der Waals surface area contributed by atoms with Crippen molar-refractivity contribution in [2.24, 2.45) is 11.7 Å². The second-order valence-electron chi connectivity index (χ2n) is 5.97. The van der Waals surface area contributed by atoms with E-state index in [2.05, 4.69) is 0 Å². The molecule has 1 saturated heterocycles. The first-order valence-corrected chi connectivity index (χ1v) is 7.85. The Hall–Kier alpha value is -1.88. The maximum atomic E-state index is 12.4. The summed E-state index contributed by atoms with van der Waals surface area (Å²) in [7, 11) is 1.81. The van der Waals surface area contributed by atoms with E-state index < -0.39 is 0 Å². The highest BCUT2D eigenvalue weighted by Crippen LogP contribution is 2.21. The van der Waals surface area contributed by atoms with Crippen LogP contribution < -0.4 is 5.73 Å². The molecule has 120 valence electrons. The Morgan fingerprint density at radius 2 is 1.86 bits per heavy atom. The van der Waals surface area contributed by atoms with Gasteiger partial charge in [0, 0.05) is 44.2 Å². The molecule has 1 atom stereocenters. The van der Waals surface area contributed by atoms with Gasteiger partial charge in [0.2, 0.25) is 5.91 Å². The summed E-state index contributed by atoms with van der Waals surface area (Å²) in [6.45, 7) is 3.68. The molecule has 5 nitrogen and oxygen atoms in total. The summed E-state index contributed by atoms with van der Waals surface area (Å²) >= 11 is 0. The zero-order chi connectivity index (χ0) is 16.1. The zero-order valence-corrected chi connectivity index (χ0v) is 13.4. The predicted molar refractivity (Wildman–Crippen MR) is 86.4 cm³/mol. The van der Waals surface area contributed by atoms with Gasteiger partial charge in [0.15, 0.2) is 0 Å². The Morgan fingerprint density at radius 3 is 2.41 bits per heavy atom. The molecule has 22 heavy (non-hydrogen) atoms. The smallest absolute Gasteiger partial charge is 0.253 e. The van der Waals surface area contributed by atoms with Crippen molar-refractivity contribution in [2.75, 3.05) is 26.7 Å². The van der Waals surface area contributed by atoms with Crippen LogP contribution in [0, 0.1) is 5.92 Å². The molecule has 1 heterocycles. The Balaban J connectivity index is 1.90. The van der Waals surface area contributed by atoms with Crippen LogP contribution in [0.2, 0.25) is 0 Å². The number of piperidine rings is 1. The summed E-state index contributed by atoms with van der Waals surface area (Å²) in [5, 5.41) is 0. The molecule has 0 aromatic heterocycles. The van der Waals surface area contributed by atoms with Crippen molar-refractivity contribution in [3.63, 3.8) is 0 Å². The first-order valence-electron chi connectivity index (χ1n) is 7.85. The fourth-order valence-electron chi connectivity index (χ4n) is 2.76. The minimum Gasteiger partial charge on any atom is -0.342 e. The number of nitrogens with zero attached hydrogens (tertiary/aromatic N) is 2. The second kappa shape index (κ2) is 7.40. The maximum absolute atomic E-state index is 12.4. The van der Waals surface area contributed by atoms with E-state index in [-0.39, 0.29) is 23.8 Å². The largest absolute Gasteiger partial charge is 0.342 e. The van der Waals surface area contributed by atoms with Gasteiger partial charge in [0.05, 0.1) is 0 Å². The van der Waals surface area contributed by atoms with Crippen molar-refractivity contribution in [2.45, 2.75) is 25.8 Å². The minimum absolute atomic E-state index is 0.00109. The van der Waals surface area contributed by atoms with E-state index in [9.17, 15) is 9.59 Å². The number of carbonyl (C=O) groups is 2. The average molecular weight is 303 g/mol. The number of carbonyl (C=O) groups excluding carboxylic acids is 2. The average Bonchev–Trinajstić information content (AvgIpc) is 2.60. The van der Waals surface area contributed by atoms with Crippen LogP contribution in [0.15, 0.2) is 30.3 Å². The molecule has 1 aliphatic heterocycles. The van der Waals surface area contributed by atoms with E-state index >= 15 is 0 Å². The van der Waals surface area contributed by atoms with Gasteiger partial charge in [-0.1, -0.05) is 18.2 Å². The summed E-state index contributed by atoms with van der Waals surface area (Å²) in [6, 6.07) is 9.35. The van der Waals surface area contributed by atoms with Gasteiger partial charge in [-0.2, -0.15) is 0 Å². The fraction of sp³-hybridized carbons (Fsp3) is 0.529. The second-order valence-corrected chi connectivity index (χ2v) is 5.97. The van der Waals surface area contributed by atoms with Gasteiger partial charge in [-0.15, -0.1) is 0 Å².